The summed E-state index contributed by atoms with van der Waals surface area (Å²) in [6, 6.07) is 6.04. The smallest absolute Gasteiger partial charge is 0.246 e. The van der Waals surface area contributed by atoms with Crippen molar-refractivity contribution >= 4 is 23.6 Å². The van der Waals surface area contributed by atoms with Gasteiger partial charge in [0.25, 0.3) is 0 Å². The van der Waals surface area contributed by atoms with Crippen LogP contribution in [0.5, 0.6) is 0 Å². The number of ether oxygens (including phenoxy) is 1. The molecule has 2 saturated heterocycles. The van der Waals surface area contributed by atoms with Crippen LogP contribution in [-0.4, -0.2) is 59.0 Å². The van der Waals surface area contributed by atoms with Gasteiger partial charge >= 0.3 is 0 Å². The molecule has 0 N–H and O–H groups in total. The summed E-state index contributed by atoms with van der Waals surface area (Å²) in [6.07, 6.45) is -0.477. The van der Waals surface area contributed by atoms with Crippen LogP contribution in [0.3, 0.4) is 0 Å². The molecule has 0 bridgehead atoms. The Morgan fingerprint density at radius 2 is 2.00 bits per heavy atom. The van der Waals surface area contributed by atoms with E-state index in [4.69, 9.17) is 4.74 Å². The third-order valence-electron chi connectivity index (χ3n) is 4.70. The van der Waals surface area contributed by atoms with Crippen LogP contribution in [0.4, 0.5) is 4.39 Å². The van der Waals surface area contributed by atoms with Gasteiger partial charge in [-0.05, 0) is 6.07 Å². The molecule has 3 rings (SSSR count). The molecule has 1 aromatic carbocycles. The molecule has 0 spiro atoms. The van der Waals surface area contributed by atoms with Crippen molar-refractivity contribution in [3.8, 4) is 0 Å². The van der Waals surface area contributed by atoms with E-state index in [-0.39, 0.29) is 17.6 Å². The predicted octanol–water partition coefficient (Wildman–Crippen LogP) is 2.67. The number of nitrogens with zero attached hydrogens (tertiary/aromatic N) is 2. The number of carbonyl (C=O) groups excluding carboxylic acids is 2. The van der Waals surface area contributed by atoms with Crippen LogP contribution in [0.2, 0.25) is 0 Å². The third-order valence-corrected chi connectivity index (χ3v) is 5.71. The normalized spacial score (nSPS) is 24.0. The zero-order chi connectivity index (χ0) is 18.9. The van der Waals surface area contributed by atoms with Crippen LogP contribution < -0.4 is 0 Å². The van der Waals surface area contributed by atoms with E-state index >= 15 is 0 Å². The molecule has 0 radical (unpaired) electrons. The van der Waals surface area contributed by atoms with Crippen LogP contribution in [-0.2, 0) is 14.3 Å². The largest absolute Gasteiger partial charge is 0.370 e. The van der Waals surface area contributed by atoms with Crippen molar-refractivity contribution in [2.45, 2.75) is 32.9 Å². The standard InChI is InChI=1S/C19H25FN2O3S/c1-19(2,3)18(24)22-12-26-11-15(22)17(23)21-8-9-25-16(10-21)13-6-4-5-7-14(13)20/h4-7,15-16H,8-12H2,1-3H3. The van der Waals surface area contributed by atoms with Gasteiger partial charge in [-0.3, -0.25) is 9.59 Å². The molecule has 2 aliphatic rings. The van der Waals surface area contributed by atoms with Crippen molar-refractivity contribution in [2.75, 3.05) is 31.3 Å². The van der Waals surface area contributed by atoms with Crippen LogP contribution in [0, 0.1) is 11.2 Å². The molecule has 2 heterocycles. The van der Waals surface area contributed by atoms with Gasteiger partial charge in [-0.25, -0.2) is 4.39 Å². The summed E-state index contributed by atoms with van der Waals surface area (Å²) in [5.74, 6) is 0.723. The van der Waals surface area contributed by atoms with E-state index < -0.39 is 17.6 Å². The second kappa shape index (κ2) is 7.56. The van der Waals surface area contributed by atoms with Crippen LogP contribution in [0.15, 0.2) is 24.3 Å². The van der Waals surface area contributed by atoms with Crippen molar-refractivity contribution < 1.29 is 18.7 Å². The van der Waals surface area contributed by atoms with Gasteiger partial charge in [-0.1, -0.05) is 39.0 Å². The quantitative estimate of drug-likeness (QED) is 0.792. The number of morpholine rings is 1. The molecule has 2 atom stereocenters. The SMILES string of the molecule is CC(C)(C)C(=O)N1CSCC1C(=O)N1CCOC(c2ccccc2F)C1. The molecule has 5 nitrogen and oxygen atoms in total. The van der Waals surface area contributed by atoms with E-state index in [0.717, 1.165) is 0 Å². The highest BCUT2D eigenvalue weighted by molar-refractivity contribution is 7.99. The average Bonchev–Trinajstić information content (AvgIpc) is 3.09. The van der Waals surface area contributed by atoms with E-state index in [0.29, 0.717) is 36.9 Å². The number of amides is 2. The number of hydrogen-bond acceptors (Lipinski definition) is 4. The minimum atomic E-state index is -0.524. The first kappa shape index (κ1) is 19.2. The van der Waals surface area contributed by atoms with Crippen molar-refractivity contribution in [1.82, 2.24) is 9.80 Å². The summed E-state index contributed by atoms with van der Waals surface area (Å²) < 4.78 is 19.8. The molecule has 2 amide bonds. The highest BCUT2D eigenvalue weighted by Crippen LogP contribution is 2.30. The van der Waals surface area contributed by atoms with E-state index in [9.17, 15) is 14.0 Å². The maximum Gasteiger partial charge on any atom is 0.246 e. The molecule has 0 aromatic heterocycles. The van der Waals surface area contributed by atoms with E-state index in [1.165, 1.54) is 6.07 Å². The van der Waals surface area contributed by atoms with Crippen molar-refractivity contribution in [1.29, 1.82) is 0 Å². The Hall–Kier alpha value is -1.60. The lowest BCUT2D eigenvalue weighted by Gasteiger charge is -2.37. The molecular formula is C19H25FN2O3S. The van der Waals surface area contributed by atoms with Crippen LogP contribution >= 0.6 is 11.8 Å². The summed E-state index contributed by atoms with van der Waals surface area (Å²) in [7, 11) is 0. The Kier molecular flexibility index (Phi) is 5.58. The molecule has 2 aliphatic heterocycles. The number of carbonyl (C=O) groups is 2. The molecule has 2 unspecified atom stereocenters. The second-order valence-corrected chi connectivity index (χ2v) is 8.71. The van der Waals surface area contributed by atoms with Crippen LogP contribution in [0.1, 0.15) is 32.4 Å². The Labute approximate surface area is 157 Å². The maximum absolute atomic E-state index is 14.1. The van der Waals surface area contributed by atoms with Gasteiger partial charge in [0, 0.05) is 23.3 Å². The molecule has 26 heavy (non-hydrogen) atoms. The molecule has 142 valence electrons. The number of hydrogen-bond donors (Lipinski definition) is 0. The van der Waals surface area contributed by atoms with Crippen LogP contribution in [0.25, 0.3) is 0 Å². The lowest BCUT2D eigenvalue weighted by Crippen LogP contribution is -2.54. The summed E-state index contributed by atoms with van der Waals surface area (Å²) in [5.41, 5.74) is -0.0575. The van der Waals surface area contributed by atoms with Gasteiger partial charge < -0.3 is 14.5 Å². The van der Waals surface area contributed by atoms with Crippen molar-refractivity contribution in [2.24, 2.45) is 5.41 Å². The zero-order valence-corrected chi connectivity index (χ0v) is 16.2. The fourth-order valence-corrected chi connectivity index (χ4v) is 4.41. The minimum Gasteiger partial charge on any atom is -0.370 e. The predicted molar refractivity (Wildman–Crippen MR) is 99.1 cm³/mol. The topological polar surface area (TPSA) is 49.9 Å². The van der Waals surface area contributed by atoms with Gasteiger partial charge in [0.2, 0.25) is 11.8 Å². The minimum absolute atomic E-state index is 0.0141. The first-order valence-electron chi connectivity index (χ1n) is 8.82. The Balaban J connectivity index is 1.73. The number of rotatable bonds is 2. The van der Waals surface area contributed by atoms with E-state index in [1.54, 1.807) is 39.8 Å². The number of halogens is 1. The molecule has 1 aromatic rings. The monoisotopic (exact) mass is 380 g/mol. The summed E-state index contributed by atoms with van der Waals surface area (Å²) in [6.45, 7) is 6.72. The number of thioether (sulfide) groups is 1. The number of benzene rings is 1. The van der Waals surface area contributed by atoms with Gasteiger partial charge in [0.05, 0.1) is 19.0 Å². The summed E-state index contributed by atoms with van der Waals surface area (Å²) in [5, 5.41) is 0. The van der Waals surface area contributed by atoms with E-state index in [2.05, 4.69) is 0 Å². The van der Waals surface area contributed by atoms with Gasteiger partial charge in [-0.2, -0.15) is 0 Å². The van der Waals surface area contributed by atoms with Crippen molar-refractivity contribution in [3.05, 3.63) is 35.6 Å². The molecular weight excluding hydrogens is 355 g/mol. The maximum atomic E-state index is 14.1. The first-order chi connectivity index (χ1) is 12.3. The van der Waals surface area contributed by atoms with Gasteiger partial charge in [-0.15, -0.1) is 11.8 Å². The Bertz CT molecular complexity index is 692. The first-order valence-corrected chi connectivity index (χ1v) is 9.98. The summed E-state index contributed by atoms with van der Waals surface area (Å²) >= 11 is 1.59. The van der Waals surface area contributed by atoms with Gasteiger partial charge in [0.1, 0.15) is 18.0 Å². The van der Waals surface area contributed by atoms with Crippen molar-refractivity contribution in [3.63, 3.8) is 0 Å². The third kappa shape index (κ3) is 3.88. The molecule has 0 aliphatic carbocycles. The fraction of sp³-hybridized carbons (Fsp3) is 0.579. The second-order valence-electron chi connectivity index (χ2n) is 7.71. The summed E-state index contributed by atoms with van der Waals surface area (Å²) in [4.78, 5) is 29.1. The van der Waals surface area contributed by atoms with E-state index in [1.807, 2.05) is 20.8 Å². The highest BCUT2D eigenvalue weighted by Gasteiger charge is 2.41. The molecule has 2 fully saturated rings. The fourth-order valence-electron chi connectivity index (χ4n) is 3.26. The molecule has 7 heteroatoms. The lowest BCUT2D eigenvalue weighted by molar-refractivity contribution is -0.151. The zero-order valence-electron chi connectivity index (χ0n) is 15.4. The molecule has 0 saturated carbocycles. The lowest BCUT2D eigenvalue weighted by atomic mass is 9.94. The Morgan fingerprint density at radius 3 is 2.69 bits per heavy atom. The Morgan fingerprint density at radius 1 is 1.27 bits per heavy atom. The highest BCUT2D eigenvalue weighted by atomic mass is 32.2. The van der Waals surface area contributed by atoms with Gasteiger partial charge in [0.15, 0.2) is 0 Å². The average molecular weight is 380 g/mol.